The zero-order chi connectivity index (χ0) is 10.3. The molecule has 1 heterocycles. The molecule has 4 nitrogen and oxygen atoms in total. The Morgan fingerprint density at radius 1 is 1.38 bits per heavy atom. The van der Waals surface area contributed by atoms with Crippen LogP contribution in [0.15, 0.2) is 0 Å². The second kappa shape index (κ2) is 3.20. The molecule has 0 saturated carbocycles. The molecule has 1 aliphatic rings. The molecule has 0 aromatic heterocycles. The summed E-state index contributed by atoms with van der Waals surface area (Å²) in [6.45, 7) is 6.61. The number of aliphatic hydroxyl groups excluding tert-OH is 1. The van der Waals surface area contributed by atoms with Crippen molar-refractivity contribution in [3.8, 4) is 0 Å². The van der Waals surface area contributed by atoms with Crippen molar-refractivity contribution in [2.75, 3.05) is 6.61 Å². The summed E-state index contributed by atoms with van der Waals surface area (Å²) < 4.78 is 10.9. The van der Waals surface area contributed by atoms with E-state index in [2.05, 4.69) is 0 Å². The van der Waals surface area contributed by atoms with Crippen LogP contribution in [-0.2, 0) is 9.47 Å². The number of ether oxygens (including phenoxy) is 2. The van der Waals surface area contributed by atoms with Gasteiger partial charge in [0.05, 0.1) is 12.7 Å². The SMILES string of the molecule is C[C@@H]1OC(C)(C)O[C@H]1[C@@](C)(O)CO. The van der Waals surface area contributed by atoms with Crippen LogP contribution in [-0.4, -0.2) is 40.4 Å². The topological polar surface area (TPSA) is 58.9 Å². The molecular weight excluding hydrogens is 172 g/mol. The Morgan fingerprint density at radius 3 is 2.23 bits per heavy atom. The maximum absolute atomic E-state index is 9.77. The summed E-state index contributed by atoms with van der Waals surface area (Å²) in [6, 6.07) is 0. The van der Waals surface area contributed by atoms with Crippen molar-refractivity contribution in [2.24, 2.45) is 0 Å². The van der Waals surface area contributed by atoms with Gasteiger partial charge in [0.2, 0.25) is 0 Å². The predicted molar refractivity (Wildman–Crippen MR) is 47.2 cm³/mol. The fourth-order valence-electron chi connectivity index (χ4n) is 1.66. The van der Waals surface area contributed by atoms with Crippen molar-refractivity contribution in [1.82, 2.24) is 0 Å². The third kappa shape index (κ3) is 2.20. The standard InChI is InChI=1S/C9H18O4/c1-6-7(9(4,11)5-10)13-8(2,3)12-6/h6-7,10-11H,5H2,1-4H3/t6-,7+,9-/m0/s1. The van der Waals surface area contributed by atoms with Gasteiger partial charge in [-0.3, -0.25) is 0 Å². The zero-order valence-electron chi connectivity index (χ0n) is 8.57. The molecule has 78 valence electrons. The van der Waals surface area contributed by atoms with Crippen LogP contribution in [0, 0.1) is 0 Å². The Hall–Kier alpha value is -0.160. The lowest BCUT2D eigenvalue weighted by Crippen LogP contribution is -2.47. The lowest BCUT2D eigenvalue weighted by molar-refractivity contribution is -0.173. The van der Waals surface area contributed by atoms with Gasteiger partial charge in [-0.2, -0.15) is 0 Å². The summed E-state index contributed by atoms with van der Waals surface area (Å²) in [5.74, 6) is -0.677. The van der Waals surface area contributed by atoms with Gasteiger partial charge in [-0.15, -0.1) is 0 Å². The fourth-order valence-corrected chi connectivity index (χ4v) is 1.66. The van der Waals surface area contributed by atoms with Crippen LogP contribution in [0.1, 0.15) is 27.7 Å². The van der Waals surface area contributed by atoms with Crippen molar-refractivity contribution >= 4 is 0 Å². The quantitative estimate of drug-likeness (QED) is 0.656. The van der Waals surface area contributed by atoms with E-state index in [0.29, 0.717) is 0 Å². The second-order valence-corrected chi connectivity index (χ2v) is 4.28. The third-order valence-corrected chi connectivity index (χ3v) is 2.24. The zero-order valence-corrected chi connectivity index (χ0v) is 8.57. The Morgan fingerprint density at radius 2 is 1.92 bits per heavy atom. The van der Waals surface area contributed by atoms with E-state index in [4.69, 9.17) is 14.6 Å². The van der Waals surface area contributed by atoms with E-state index in [9.17, 15) is 5.11 Å². The van der Waals surface area contributed by atoms with Gasteiger partial charge in [-0.1, -0.05) is 0 Å². The Balaban J connectivity index is 2.73. The van der Waals surface area contributed by atoms with Gasteiger partial charge in [0.1, 0.15) is 11.7 Å². The van der Waals surface area contributed by atoms with Gasteiger partial charge in [-0.25, -0.2) is 0 Å². The van der Waals surface area contributed by atoms with Gasteiger partial charge in [0, 0.05) is 0 Å². The number of rotatable bonds is 2. The van der Waals surface area contributed by atoms with Gasteiger partial charge in [0.15, 0.2) is 5.79 Å². The van der Waals surface area contributed by atoms with E-state index in [-0.39, 0.29) is 12.7 Å². The Kier molecular flexibility index (Phi) is 2.69. The van der Waals surface area contributed by atoms with E-state index in [1.54, 1.807) is 20.8 Å². The van der Waals surface area contributed by atoms with Gasteiger partial charge in [0.25, 0.3) is 0 Å². The average molecular weight is 190 g/mol. The molecule has 1 rings (SSSR count). The summed E-state index contributed by atoms with van der Waals surface area (Å²) in [4.78, 5) is 0. The Bertz CT molecular complexity index is 188. The number of aliphatic hydroxyl groups is 2. The van der Waals surface area contributed by atoms with Crippen molar-refractivity contribution < 1.29 is 19.7 Å². The lowest BCUT2D eigenvalue weighted by atomic mass is 9.97. The highest BCUT2D eigenvalue weighted by atomic mass is 16.8. The summed E-state index contributed by atoms with van der Waals surface area (Å²) in [5.41, 5.74) is -1.24. The maximum atomic E-state index is 9.77. The van der Waals surface area contributed by atoms with E-state index >= 15 is 0 Å². The molecule has 0 aromatic rings. The Labute approximate surface area is 78.5 Å². The monoisotopic (exact) mass is 190 g/mol. The van der Waals surface area contributed by atoms with Crippen LogP contribution in [0.2, 0.25) is 0 Å². The number of hydrogen-bond donors (Lipinski definition) is 2. The van der Waals surface area contributed by atoms with Gasteiger partial charge < -0.3 is 19.7 Å². The van der Waals surface area contributed by atoms with Crippen molar-refractivity contribution in [1.29, 1.82) is 0 Å². The first-order valence-corrected chi connectivity index (χ1v) is 4.47. The van der Waals surface area contributed by atoms with E-state index < -0.39 is 17.5 Å². The molecule has 0 aromatic carbocycles. The summed E-state index contributed by atoms with van der Waals surface area (Å²) in [5, 5.41) is 18.7. The highest BCUT2D eigenvalue weighted by Crippen LogP contribution is 2.33. The highest BCUT2D eigenvalue weighted by Gasteiger charge is 2.47. The van der Waals surface area contributed by atoms with Crippen molar-refractivity contribution in [2.45, 2.75) is 51.3 Å². The van der Waals surface area contributed by atoms with Crippen LogP contribution in [0.25, 0.3) is 0 Å². The molecule has 2 N–H and O–H groups in total. The van der Waals surface area contributed by atoms with Crippen molar-refractivity contribution in [3.05, 3.63) is 0 Å². The third-order valence-electron chi connectivity index (χ3n) is 2.24. The summed E-state index contributed by atoms with van der Waals surface area (Å²) >= 11 is 0. The smallest absolute Gasteiger partial charge is 0.163 e. The molecule has 0 radical (unpaired) electrons. The molecule has 1 saturated heterocycles. The molecule has 13 heavy (non-hydrogen) atoms. The van der Waals surface area contributed by atoms with Crippen LogP contribution >= 0.6 is 0 Å². The molecule has 0 amide bonds. The van der Waals surface area contributed by atoms with E-state index in [1.807, 2.05) is 6.92 Å². The van der Waals surface area contributed by atoms with Gasteiger partial charge in [-0.05, 0) is 27.7 Å². The van der Waals surface area contributed by atoms with E-state index in [0.717, 1.165) is 0 Å². The largest absolute Gasteiger partial charge is 0.393 e. The number of hydrogen-bond acceptors (Lipinski definition) is 4. The molecule has 0 spiro atoms. The fraction of sp³-hybridized carbons (Fsp3) is 1.00. The predicted octanol–water partition coefficient (Wildman–Crippen LogP) is 0.270. The molecule has 0 unspecified atom stereocenters. The second-order valence-electron chi connectivity index (χ2n) is 4.28. The molecule has 3 atom stereocenters. The first-order valence-electron chi connectivity index (χ1n) is 4.47. The van der Waals surface area contributed by atoms with Crippen molar-refractivity contribution in [3.63, 3.8) is 0 Å². The van der Waals surface area contributed by atoms with Crippen LogP contribution in [0.3, 0.4) is 0 Å². The van der Waals surface area contributed by atoms with Crippen LogP contribution < -0.4 is 0 Å². The minimum atomic E-state index is -1.24. The normalized spacial score (nSPS) is 37.4. The first-order chi connectivity index (χ1) is 5.78. The first kappa shape index (κ1) is 10.9. The lowest BCUT2D eigenvalue weighted by Gasteiger charge is -2.29. The molecular formula is C9H18O4. The molecule has 0 bridgehead atoms. The summed E-state index contributed by atoms with van der Waals surface area (Å²) in [7, 11) is 0. The molecule has 1 fully saturated rings. The van der Waals surface area contributed by atoms with Crippen LogP contribution in [0.4, 0.5) is 0 Å². The molecule has 1 aliphatic heterocycles. The van der Waals surface area contributed by atoms with E-state index in [1.165, 1.54) is 0 Å². The average Bonchev–Trinajstić information content (AvgIpc) is 2.25. The van der Waals surface area contributed by atoms with Crippen LogP contribution in [0.5, 0.6) is 0 Å². The van der Waals surface area contributed by atoms with Gasteiger partial charge >= 0.3 is 0 Å². The minimum Gasteiger partial charge on any atom is -0.393 e. The highest BCUT2D eigenvalue weighted by molar-refractivity contribution is 4.92. The maximum Gasteiger partial charge on any atom is 0.163 e. The molecule has 4 heteroatoms. The summed E-state index contributed by atoms with van der Waals surface area (Å²) in [6.07, 6.45) is -0.690. The minimum absolute atomic E-state index is 0.211. The molecule has 0 aliphatic carbocycles.